The van der Waals surface area contributed by atoms with Gasteiger partial charge in [0.2, 0.25) is 0 Å². The third-order valence-electron chi connectivity index (χ3n) is 3.56. The van der Waals surface area contributed by atoms with Gasteiger partial charge in [0.25, 0.3) is 5.69 Å². The molecule has 0 spiro atoms. The SMILES string of the molecule is O=[N+]([O-])c1ccc(NCC2(O)CCCCC2)c(Cl)c1. The van der Waals surface area contributed by atoms with Gasteiger partial charge in [-0.15, -0.1) is 0 Å². The van der Waals surface area contributed by atoms with Crippen LogP contribution < -0.4 is 5.32 Å². The zero-order valence-electron chi connectivity index (χ0n) is 10.6. The number of aliphatic hydroxyl groups is 1. The summed E-state index contributed by atoms with van der Waals surface area (Å²) in [5.41, 5.74) is -0.109. The Morgan fingerprint density at radius 3 is 2.63 bits per heavy atom. The maximum absolute atomic E-state index is 10.6. The Kier molecular flexibility index (Phi) is 4.27. The van der Waals surface area contributed by atoms with E-state index in [1.54, 1.807) is 6.07 Å². The van der Waals surface area contributed by atoms with Gasteiger partial charge in [-0.2, -0.15) is 0 Å². The Hall–Kier alpha value is -1.33. The molecule has 1 aliphatic carbocycles. The van der Waals surface area contributed by atoms with E-state index in [1.807, 2.05) is 0 Å². The minimum Gasteiger partial charge on any atom is -0.388 e. The molecule has 0 aromatic heterocycles. The summed E-state index contributed by atoms with van der Waals surface area (Å²) in [6, 6.07) is 4.29. The van der Waals surface area contributed by atoms with Crippen LogP contribution in [0.5, 0.6) is 0 Å². The van der Waals surface area contributed by atoms with Crippen LogP contribution in [0.4, 0.5) is 11.4 Å². The molecule has 6 heteroatoms. The first-order valence-corrected chi connectivity index (χ1v) is 6.78. The van der Waals surface area contributed by atoms with Crippen molar-refractivity contribution in [3.8, 4) is 0 Å². The Morgan fingerprint density at radius 1 is 1.37 bits per heavy atom. The summed E-state index contributed by atoms with van der Waals surface area (Å²) in [6.07, 6.45) is 4.80. The molecule has 1 aromatic rings. The van der Waals surface area contributed by atoms with E-state index in [0.717, 1.165) is 25.7 Å². The Bertz CT molecular complexity index is 473. The second-order valence-electron chi connectivity index (χ2n) is 5.06. The number of nitro benzene ring substituents is 1. The van der Waals surface area contributed by atoms with Crippen LogP contribution >= 0.6 is 11.6 Å². The van der Waals surface area contributed by atoms with Gasteiger partial charge >= 0.3 is 0 Å². The smallest absolute Gasteiger partial charge is 0.271 e. The van der Waals surface area contributed by atoms with Crippen molar-refractivity contribution in [2.45, 2.75) is 37.7 Å². The topological polar surface area (TPSA) is 75.4 Å². The van der Waals surface area contributed by atoms with Crippen LogP contribution in [0.1, 0.15) is 32.1 Å². The minimum absolute atomic E-state index is 0.0353. The lowest BCUT2D eigenvalue weighted by atomic mass is 9.85. The Morgan fingerprint density at radius 2 is 2.05 bits per heavy atom. The highest BCUT2D eigenvalue weighted by Gasteiger charge is 2.28. The maximum Gasteiger partial charge on any atom is 0.271 e. The molecule has 2 rings (SSSR count). The van der Waals surface area contributed by atoms with Crippen LogP contribution in [0.25, 0.3) is 0 Å². The number of nitrogens with one attached hydrogen (secondary N) is 1. The molecule has 5 nitrogen and oxygen atoms in total. The lowest BCUT2D eigenvalue weighted by Crippen LogP contribution is -2.38. The molecule has 2 N–H and O–H groups in total. The largest absolute Gasteiger partial charge is 0.388 e. The molecule has 0 unspecified atom stereocenters. The first-order valence-electron chi connectivity index (χ1n) is 6.40. The van der Waals surface area contributed by atoms with Crippen molar-refractivity contribution in [1.82, 2.24) is 0 Å². The van der Waals surface area contributed by atoms with Gasteiger partial charge in [0.1, 0.15) is 0 Å². The molecular formula is C13H17ClN2O3. The van der Waals surface area contributed by atoms with Crippen molar-refractivity contribution >= 4 is 23.0 Å². The van der Waals surface area contributed by atoms with Crippen molar-refractivity contribution in [2.24, 2.45) is 0 Å². The summed E-state index contributed by atoms with van der Waals surface area (Å²) in [4.78, 5) is 10.1. The van der Waals surface area contributed by atoms with E-state index < -0.39 is 10.5 Å². The summed E-state index contributed by atoms with van der Waals surface area (Å²) < 4.78 is 0. The number of nitrogens with zero attached hydrogens (tertiary/aromatic N) is 1. The van der Waals surface area contributed by atoms with Crippen LogP contribution in [0.15, 0.2) is 18.2 Å². The first kappa shape index (κ1) is 14.1. The summed E-state index contributed by atoms with van der Waals surface area (Å²) in [6.45, 7) is 0.421. The molecule has 19 heavy (non-hydrogen) atoms. The molecule has 0 saturated heterocycles. The van der Waals surface area contributed by atoms with Crippen molar-refractivity contribution in [2.75, 3.05) is 11.9 Å². The van der Waals surface area contributed by atoms with E-state index in [2.05, 4.69) is 5.32 Å². The molecule has 0 radical (unpaired) electrons. The molecule has 104 valence electrons. The van der Waals surface area contributed by atoms with Gasteiger partial charge in [0.15, 0.2) is 0 Å². The fourth-order valence-corrected chi connectivity index (χ4v) is 2.65. The molecular weight excluding hydrogens is 268 g/mol. The maximum atomic E-state index is 10.6. The van der Waals surface area contributed by atoms with Gasteiger partial charge in [-0.05, 0) is 18.9 Å². The molecule has 1 aliphatic rings. The number of halogens is 1. The molecule has 0 bridgehead atoms. The van der Waals surface area contributed by atoms with Crippen LogP contribution in [0.2, 0.25) is 5.02 Å². The van der Waals surface area contributed by atoms with Crippen LogP contribution in [0.3, 0.4) is 0 Å². The molecule has 0 heterocycles. The van der Waals surface area contributed by atoms with Crippen LogP contribution in [-0.2, 0) is 0 Å². The number of benzene rings is 1. The third kappa shape index (κ3) is 3.58. The van der Waals surface area contributed by atoms with Gasteiger partial charge in [0, 0.05) is 18.7 Å². The third-order valence-corrected chi connectivity index (χ3v) is 3.87. The lowest BCUT2D eigenvalue weighted by Gasteiger charge is -2.32. The van der Waals surface area contributed by atoms with Crippen molar-refractivity contribution < 1.29 is 10.0 Å². The molecule has 0 aliphatic heterocycles. The highest BCUT2D eigenvalue weighted by molar-refractivity contribution is 6.33. The predicted molar refractivity (Wildman–Crippen MR) is 74.6 cm³/mol. The average molecular weight is 285 g/mol. The number of anilines is 1. The van der Waals surface area contributed by atoms with Crippen LogP contribution in [0, 0.1) is 10.1 Å². The van der Waals surface area contributed by atoms with Gasteiger partial charge in [-0.1, -0.05) is 30.9 Å². The second kappa shape index (κ2) is 5.75. The fraction of sp³-hybridized carbons (Fsp3) is 0.538. The molecule has 1 saturated carbocycles. The lowest BCUT2D eigenvalue weighted by molar-refractivity contribution is -0.384. The average Bonchev–Trinajstić information content (AvgIpc) is 2.38. The monoisotopic (exact) mass is 284 g/mol. The first-order chi connectivity index (χ1) is 9.00. The summed E-state index contributed by atoms with van der Waals surface area (Å²) in [5.74, 6) is 0. The van der Waals surface area contributed by atoms with Gasteiger partial charge in [0.05, 0.1) is 21.2 Å². The zero-order chi connectivity index (χ0) is 13.9. The normalized spacial score (nSPS) is 18.0. The number of rotatable bonds is 4. The van der Waals surface area contributed by atoms with E-state index in [0.29, 0.717) is 17.3 Å². The van der Waals surface area contributed by atoms with Gasteiger partial charge in [-0.3, -0.25) is 10.1 Å². The summed E-state index contributed by atoms with van der Waals surface area (Å²) >= 11 is 5.99. The van der Waals surface area contributed by atoms with Crippen LogP contribution in [-0.4, -0.2) is 22.2 Å². The number of hydrogen-bond acceptors (Lipinski definition) is 4. The Balaban J connectivity index is 2.01. The number of nitro groups is 1. The van der Waals surface area contributed by atoms with Crippen molar-refractivity contribution in [1.29, 1.82) is 0 Å². The fourth-order valence-electron chi connectivity index (χ4n) is 2.41. The molecule has 1 aromatic carbocycles. The summed E-state index contributed by atoms with van der Waals surface area (Å²) in [5, 5.41) is 24.3. The van der Waals surface area contributed by atoms with E-state index >= 15 is 0 Å². The zero-order valence-corrected chi connectivity index (χ0v) is 11.3. The van der Waals surface area contributed by atoms with Gasteiger partial charge < -0.3 is 10.4 Å². The van der Waals surface area contributed by atoms with E-state index in [4.69, 9.17) is 11.6 Å². The van der Waals surface area contributed by atoms with E-state index in [-0.39, 0.29) is 5.69 Å². The Labute approximate surface area is 116 Å². The quantitative estimate of drug-likeness (QED) is 0.657. The van der Waals surface area contributed by atoms with Crippen molar-refractivity contribution in [3.05, 3.63) is 33.3 Å². The number of non-ortho nitro benzene ring substituents is 1. The minimum atomic E-state index is -0.691. The van der Waals surface area contributed by atoms with Crippen molar-refractivity contribution in [3.63, 3.8) is 0 Å². The van der Waals surface area contributed by atoms with E-state index in [1.165, 1.54) is 18.6 Å². The highest BCUT2D eigenvalue weighted by atomic mass is 35.5. The summed E-state index contributed by atoms with van der Waals surface area (Å²) in [7, 11) is 0. The van der Waals surface area contributed by atoms with Gasteiger partial charge in [-0.25, -0.2) is 0 Å². The predicted octanol–water partition coefficient (Wildman–Crippen LogP) is 3.36. The standard InChI is InChI=1S/C13H17ClN2O3/c14-11-8-10(16(18)19)4-5-12(11)15-9-13(17)6-2-1-3-7-13/h4-5,8,15,17H,1-3,6-7,9H2. The molecule has 0 amide bonds. The highest BCUT2D eigenvalue weighted by Crippen LogP contribution is 2.31. The molecule has 1 fully saturated rings. The number of hydrogen-bond donors (Lipinski definition) is 2. The van der Waals surface area contributed by atoms with E-state index in [9.17, 15) is 15.2 Å². The molecule has 0 atom stereocenters. The second-order valence-corrected chi connectivity index (χ2v) is 5.47.